The molecule has 2 aromatic heterocycles. The Hall–Kier alpha value is -3.19. The first-order valence-corrected chi connectivity index (χ1v) is 11.2. The van der Waals surface area contributed by atoms with E-state index in [2.05, 4.69) is 35.9 Å². The van der Waals surface area contributed by atoms with Crippen molar-refractivity contribution in [3.8, 4) is 17.1 Å². The molecule has 0 bridgehead atoms. The van der Waals surface area contributed by atoms with E-state index in [1.54, 1.807) is 10.9 Å². The molecule has 1 aliphatic rings. The Morgan fingerprint density at radius 2 is 1.81 bits per heavy atom. The molecule has 31 heavy (non-hydrogen) atoms. The molecule has 6 nitrogen and oxygen atoms in total. The number of hydrogen-bond donors (Lipinski definition) is 1. The molecule has 2 aromatic carbocycles. The minimum Gasteiger partial charge on any atom is -0.328 e. The number of fused-ring (bicyclic) bond motifs is 1. The van der Waals surface area contributed by atoms with Crippen molar-refractivity contribution >= 4 is 27.5 Å². The van der Waals surface area contributed by atoms with E-state index in [0.717, 1.165) is 45.9 Å². The highest BCUT2D eigenvalue weighted by atomic mass is 79.9. The fourth-order valence-electron chi connectivity index (χ4n) is 4.04. The van der Waals surface area contributed by atoms with Gasteiger partial charge in [-0.05, 0) is 74.7 Å². The number of hydrogen-bond acceptors (Lipinski definition) is 3. The molecule has 1 N–H and O–H groups in total. The van der Waals surface area contributed by atoms with Crippen LogP contribution >= 0.6 is 15.9 Å². The van der Waals surface area contributed by atoms with E-state index in [4.69, 9.17) is 0 Å². The molecule has 0 fully saturated rings. The minimum absolute atomic E-state index is 0.174. The number of aryl methyl sites for hydroxylation is 1. The van der Waals surface area contributed by atoms with Gasteiger partial charge in [0.15, 0.2) is 0 Å². The SMILES string of the molecule is Cc1c(C(=O)Nc2ccc(-c3ncc4n3CCCC4)cc2)cnn1-c1ccc(Br)cc1. The van der Waals surface area contributed by atoms with Crippen LogP contribution in [0.2, 0.25) is 0 Å². The number of imidazole rings is 1. The van der Waals surface area contributed by atoms with Gasteiger partial charge in [0.1, 0.15) is 5.82 Å². The monoisotopic (exact) mass is 475 g/mol. The number of carbonyl (C=O) groups excluding carboxylic acids is 1. The molecule has 4 aromatic rings. The van der Waals surface area contributed by atoms with E-state index < -0.39 is 0 Å². The molecule has 156 valence electrons. The maximum absolute atomic E-state index is 12.9. The van der Waals surface area contributed by atoms with E-state index in [1.165, 1.54) is 18.5 Å². The van der Waals surface area contributed by atoms with Gasteiger partial charge >= 0.3 is 0 Å². The molecule has 0 unspecified atom stereocenters. The summed E-state index contributed by atoms with van der Waals surface area (Å²) in [6, 6.07) is 15.7. The molecule has 1 amide bonds. The summed E-state index contributed by atoms with van der Waals surface area (Å²) < 4.78 is 5.07. The van der Waals surface area contributed by atoms with E-state index in [0.29, 0.717) is 5.56 Å². The van der Waals surface area contributed by atoms with Crippen LogP contribution in [-0.2, 0) is 13.0 Å². The van der Waals surface area contributed by atoms with Gasteiger partial charge in [0.25, 0.3) is 5.91 Å². The Bertz CT molecular complexity index is 1240. The lowest BCUT2D eigenvalue weighted by Gasteiger charge is -2.16. The largest absolute Gasteiger partial charge is 0.328 e. The van der Waals surface area contributed by atoms with Crippen molar-refractivity contribution < 1.29 is 4.79 Å². The van der Waals surface area contributed by atoms with Gasteiger partial charge in [-0.3, -0.25) is 4.79 Å². The fourth-order valence-corrected chi connectivity index (χ4v) is 4.31. The van der Waals surface area contributed by atoms with E-state index in [1.807, 2.05) is 61.7 Å². The Balaban J connectivity index is 1.33. The predicted molar refractivity (Wildman–Crippen MR) is 125 cm³/mol. The molecular formula is C24H22BrN5O. The lowest BCUT2D eigenvalue weighted by atomic mass is 10.1. The third-order valence-electron chi connectivity index (χ3n) is 5.73. The van der Waals surface area contributed by atoms with Gasteiger partial charge in [0.05, 0.1) is 23.1 Å². The van der Waals surface area contributed by atoms with E-state index in [9.17, 15) is 4.79 Å². The Labute approximate surface area is 189 Å². The summed E-state index contributed by atoms with van der Waals surface area (Å²) in [5.41, 5.74) is 5.36. The summed E-state index contributed by atoms with van der Waals surface area (Å²) in [7, 11) is 0. The van der Waals surface area contributed by atoms with Gasteiger partial charge in [0, 0.05) is 34.2 Å². The second-order valence-corrected chi connectivity index (χ2v) is 8.66. The quantitative estimate of drug-likeness (QED) is 0.429. The molecule has 0 aliphatic carbocycles. The van der Waals surface area contributed by atoms with Crippen molar-refractivity contribution in [1.29, 1.82) is 0 Å². The topological polar surface area (TPSA) is 64.7 Å². The molecule has 1 aliphatic heterocycles. The number of benzene rings is 2. The van der Waals surface area contributed by atoms with Crippen molar-refractivity contribution in [2.75, 3.05) is 5.32 Å². The highest BCUT2D eigenvalue weighted by Gasteiger charge is 2.17. The van der Waals surface area contributed by atoms with E-state index >= 15 is 0 Å². The zero-order valence-electron chi connectivity index (χ0n) is 17.2. The summed E-state index contributed by atoms with van der Waals surface area (Å²) in [4.78, 5) is 17.5. The van der Waals surface area contributed by atoms with Crippen LogP contribution in [0.4, 0.5) is 5.69 Å². The summed E-state index contributed by atoms with van der Waals surface area (Å²) in [5.74, 6) is 0.825. The predicted octanol–water partition coefficient (Wildman–Crippen LogP) is 5.40. The molecule has 5 rings (SSSR count). The van der Waals surface area contributed by atoms with E-state index in [-0.39, 0.29) is 5.91 Å². The highest BCUT2D eigenvalue weighted by molar-refractivity contribution is 9.10. The molecular weight excluding hydrogens is 454 g/mol. The van der Waals surface area contributed by atoms with Crippen LogP contribution < -0.4 is 5.32 Å². The maximum atomic E-state index is 12.9. The number of rotatable bonds is 4. The molecule has 0 saturated carbocycles. The summed E-state index contributed by atoms with van der Waals surface area (Å²) in [6.07, 6.45) is 7.11. The first-order valence-electron chi connectivity index (χ1n) is 10.4. The third kappa shape index (κ3) is 3.81. The minimum atomic E-state index is -0.174. The lowest BCUT2D eigenvalue weighted by Crippen LogP contribution is -2.13. The number of amides is 1. The fraction of sp³-hybridized carbons (Fsp3) is 0.208. The highest BCUT2D eigenvalue weighted by Crippen LogP contribution is 2.26. The number of halogens is 1. The van der Waals surface area contributed by atoms with Gasteiger partial charge in [-0.2, -0.15) is 5.10 Å². The van der Waals surface area contributed by atoms with Crippen molar-refractivity contribution in [2.24, 2.45) is 0 Å². The molecule has 3 heterocycles. The van der Waals surface area contributed by atoms with Crippen molar-refractivity contribution in [3.05, 3.63) is 82.3 Å². The number of nitrogens with one attached hydrogen (secondary N) is 1. The summed E-state index contributed by atoms with van der Waals surface area (Å²) in [6.45, 7) is 2.92. The van der Waals surface area contributed by atoms with Crippen LogP contribution in [0.1, 0.15) is 34.6 Å². The Kier molecular flexibility index (Phi) is 5.19. The average molecular weight is 476 g/mol. The van der Waals surface area contributed by atoms with Gasteiger partial charge in [-0.1, -0.05) is 15.9 Å². The van der Waals surface area contributed by atoms with Gasteiger partial charge in [-0.15, -0.1) is 0 Å². The normalized spacial score (nSPS) is 13.1. The van der Waals surface area contributed by atoms with Crippen LogP contribution in [0.3, 0.4) is 0 Å². The molecule has 0 atom stereocenters. The molecule has 0 saturated heterocycles. The third-order valence-corrected chi connectivity index (χ3v) is 6.26. The zero-order valence-corrected chi connectivity index (χ0v) is 18.8. The van der Waals surface area contributed by atoms with Crippen molar-refractivity contribution in [2.45, 2.75) is 32.7 Å². The van der Waals surface area contributed by atoms with Crippen LogP contribution in [0.15, 0.2) is 65.4 Å². The van der Waals surface area contributed by atoms with Crippen molar-refractivity contribution in [3.63, 3.8) is 0 Å². The van der Waals surface area contributed by atoms with Crippen LogP contribution in [-0.4, -0.2) is 25.2 Å². The first kappa shape index (κ1) is 19.8. The molecule has 0 spiro atoms. The van der Waals surface area contributed by atoms with Gasteiger partial charge < -0.3 is 9.88 Å². The zero-order chi connectivity index (χ0) is 21.4. The van der Waals surface area contributed by atoms with Crippen LogP contribution in [0, 0.1) is 6.92 Å². The number of carbonyl (C=O) groups is 1. The standard InChI is InChI=1S/C24H22BrN5O/c1-16-22(15-27-30(16)20-11-7-18(25)8-12-20)24(31)28-19-9-5-17(6-10-19)23-26-14-21-4-2-3-13-29(21)23/h5-12,14-15H,2-4,13H2,1H3,(H,28,31). The number of aromatic nitrogens is 4. The molecule has 0 radical (unpaired) electrons. The number of nitrogens with zero attached hydrogens (tertiary/aromatic N) is 4. The van der Waals surface area contributed by atoms with Gasteiger partial charge in [-0.25, -0.2) is 9.67 Å². The van der Waals surface area contributed by atoms with Gasteiger partial charge in [0.2, 0.25) is 0 Å². The lowest BCUT2D eigenvalue weighted by molar-refractivity contribution is 0.102. The Morgan fingerprint density at radius 1 is 1.03 bits per heavy atom. The Morgan fingerprint density at radius 3 is 2.58 bits per heavy atom. The molecule has 7 heteroatoms. The number of anilines is 1. The van der Waals surface area contributed by atoms with Crippen LogP contribution in [0.25, 0.3) is 17.1 Å². The van der Waals surface area contributed by atoms with Crippen molar-refractivity contribution in [1.82, 2.24) is 19.3 Å². The second kappa shape index (κ2) is 8.15. The summed E-state index contributed by atoms with van der Waals surface area (Å²) >= 11 is 3.44. The smallest absolute Gasteiger partial charge is 0.259 e. The first-order chi connectivity index (χ1) is 15.1. The van der Waals surface area contributed by atoms with Crippen LogP contribution in [0.5, 0.6) is 0 Å². The maximum Gasteiger partial charge on any atom is 0.259 e. The second-order valence-electron chi connectivity index (χ2n) is 7.75. The summed E-state index contributed by atoms with van der Waals surface area (Å²) in [5, 5.41) is 7.38. The average Bonchev–Trinajstić information content (AvgIpc) is 3.39.